The highest BCUT2D eigenvalue weighted by Gasteiger charge is 2.30. The fraction of sp³-hybridized carbons (Fsp3) is 0.306. The quantitative estimate of drug-likeness (QED) is 0.191. The molecule has 0 aliphatic heterocycles. The maximum Gasteiger partial charge on any atom is 0.408 e. The lowest BCUT2D eigenvalue weighted by Gasteiger charge is -2.27. The van der Waals surface area contributed by atoms with Crippen LogP contribution >= 0.6 is 0 Å². The Kier molecular flexibility index (Phi) is 9.94. The van der Waals surface area contributed by atoms with Crippen LogP contribution in [0.1, 0.15) is 74.6 Å². The second kappa shape index (κ2) is 13.6. The van der Waals surface area contributed by atoms with Gasteiger partial charge in [0.05, 0.1) is 11.7 Å². The van der Waals surface area contributed by atoms with Crippen molar-refractivity contribution in [3.8, 4) is 17.0 Å². The molecule has 1 unspecified atom stereocenters. The molecule has 0 bridgehead atoms. The second-order valence-electron chi connectivity index (χ2n) is 12.5. The van der Waals surface area contributed by atoms with Gasteiger partial charge in [0.2, 0.25) is 0 Å². The normalized spacial score (nSPS) is 12.2. The van der Waals surface area contributed by atoms with E-state index in [1.165, 1.54) is 0 Å². The van der Waals surface area contributed by atoms with Crippen molar-refractivity contribution in [2.75, 3.05) is 5.73 Å². The third-order valence-corrected chi connectivity index (χ3v) is 6.43. The van der Waals surface area contributed by atoms with E-state index in [4.69, 9.17) is 19.9 Å². The zero-order valence-corrected chi connectivity index (χ0v) is 26.2. The average molecular weight is 596 g/mol. The minimum absolute atomic E-state index is 0.0198. The summed E-state index contributed by atoms with van der Waals surface area (Å²) in [6, 6.07) is 28.1. The smallest absolute Gasteiger partial charge is 0.408 e. The molecule has 3 aromatic carbocycles. The minimum atomic E-state index is -0.787. The number of alkyl carbamates (subject to hydrolysis) is 1. The molecular formula is C36H41N3O5. The number of rotatable bonds is 9. The van der Waals surface area contributed by atoms with Gasteiger partial charge in [-0.25, -0.2) is 14.6 Å². The zero-order chi connectivity index (χ0) is 31.9. The summed E-state index contributed by atoms with van der Waals surface area (Å²) < 4.78 is 17.6. The maximum atomic E-state index is 13.6. The van der Waals surface area contributed by atoms with Crippen LogP contribution in [-0.2, 0) is 22.5 Å². The highest BCUT2D eigenvalue weighted by atomic mass is 16.6. The summed E-state index contributed by atoms with van der Waals surface area (Å²) >= 11 is 0. The van der Waals surface area contributed by atoms with Crippen molar-refractivity contribution in [1.29, 1.82) is 0 Å². The van der Waals surface area contributed by atoms with E-state index in [1.807, 2.05) is 84.9 Å². The molecule has 230 valence electrons. The number of hydrogen-bond donors (Lipinski definition) is 2. The number of pyridine rings is 1. The van der Waals surface area contributed by atoms with E-state index in [0.717, 1.165) is 11.1 Å². The molecule has 0 fully saturated rings. The lowest BCUT2D eigenvalue weighted by atomic mass is 9.93. The Bertz CT molecular complexity index is 1580. The number of benzene rings is 3. The van der Waals surface area contributed by atoms with Gasteiger partial charge in [-0.05, 0) is 82.9 Å². The Morgan fingerprint density at radius 2 is 1.36 bits per heavy atom. The Balaban J connectivity index is 1.84. The highest BCUT2D eigenvalue weighted by molar-refractivity contribution is 5.97. The van der Waals surface area contributed by atoms with E-state index in [2.05, 4.69) is 10.3 Å². The third-order valence-electron chi connectivity index (χ3n) is 6.43. The van der Waals surface area contributed by atoms with E-state index in [0.29, 0.717) is 35.6 Å². The van der Waals surface area contributed by atoms with Crippen LogP contribution in [0.5, 0.6) is 5.75 Å². The molecule has 3 N–H and O–H groups in total. The zero-order valence-electron chi connectivity index (χ0n) is 26.2. The molecule has 0 aliphatic rings. The molecule has 4 aromatic rings. The lowest BCUT2D eigenvalue weighted by molar-refractivity contribution is 0.00670. The van der Waals surface area contributed by atoms with Gasteiger partial charge in [-0.1, -0.05) is 72.8 Å². The van der Waals surface area contributed by atoms with Crippen LogP contribution in [-0.4, -0.2) is 28.2 Å². The van der Waals surface area contributed by atoms with Crippen molar-refractivity contribution < 1.29 is 23.8 Å². The topological polar surface area (TPSA) is 113 Å². The van der Waals surface area contributed by atoms with Crippen LogP contribution < -0.4 is 15.8 Å². The van der Waals surface area contributed by atoms with Crippen LogP contribution in [0, 0.1) is 0 Å². The van der Waals surface area contributed by atoms with Crippen LogP contribution in [0.4, 0.5) is 10.6 Å². The monoisotopic (exact) mass is 595 g/mol. The number of anilines is 1. The highest BCUT2D eigenvalue weighted by Crippen LogP contribution is 2.35. The van der Waals surface area contributed by atoms with Gasteiger partial charge in [-0.2, -0.15) is 0 Å². The number of nitrogens with two attached hydrogens (primary N) is 1. The van der Waals surface area contributed by atoms with Crippen molar-refractivity contribution >= 4 is 17.9 Å². The number of amides is 1. The first-order valence-corrected chi connectivity index (χ1v) is 14.6. The molecule has 1 amide bonds. The van der Waals surface area contributed by atoms with Gasteiger partial charge < -0.3 is 25.3 Å². The maximum absolute atomic E-state index is 13.6. The third kappa shape index (κ3) is 9.07. The number of nitrogens with zero attached hydrogens (tertiary/aromatic N) is 1. The van der Waals surface area contributed by atoms with Crippen LogP contribution in [0.25, 0.3) is 11.3 Å². The van der Waals surface area contributed by atoms with E-state index < -0.39 is 29.3 Å². The number of esters is 1. The average Bonchev–Trinajstić information content (AvgIpc) is 2.94. The number of carbonyl (C=O) groups excluding carboxylic acids is 2. The number of para-hydroxylation sites is 1. The Morgan fingerprint density at radius 1 is 0.795 bits per heavy atom. The van der Waals surface area contributed by atoms with Crippen molar-refractivity contribution in [2.45, 2.75) is 71.8 Å². The van der Waals surface area contributed by atoms with Gasteiger partial charge in [-0.15, -0.1) is 0 Å². The summed E-state index contributed by atoms with van der Waals surface area (Å²) in [6.45, 7) is 11.1. The van der Waals surface area contributed by atoms with Crippen LogP contribution in [0.15, 0.2) is 91.0 Å². The summed E-state index contributed by atoms with van der Waals surface area (Å²) in [6.07, 6.45) is -0.276. The van der Waals surface area contributed by atoms with Crippen LogP contribution in [0.2, 0.25) is 0 Å². The summed E-state index contributed by atoms with van der Waals surface area (Å²) in [5, 5.41) is 2.98. The molecule has 0 saturated heterocycles. The minimum Gasteiger partial charge on any atom is -0.488 e. The molecule has 0 saturated carbocycles. The van der Waals surface area contributed by atoms with E-state index in [-0.39, 0.29) is 11.4 Å². The summed E-state index contributed by atoms with van der Waals surface area (Å²) in [4.78, 5) is 31.4. The predicted molar refractivity (Wildman–Crippen MR) is 172 cm³/mol. The van der Waals surface area contributed by atoms with E-state index in [1.54, 1.807) is 47.6 Å². The molecule has 44 heavy (non-hydrogen) atoms. The van der Waals surface area contributed by atoms with E-state index >= 15 is 0 Å². The van der Waals surface area contributed by atoms with Gasteiger partial charge in [-0.3, -0.25) is 0 Å². The van der Waals surface area contributed by atoms with Crippen molar-refractivity contribution in [3.05, 3.63) is 113 Å². The fourth-order valence-electron chi connectivity index (χ4n) is 4.63. The largest absolute Gasteiger partial charge is 0.488 e. The predicted octanol–water partition coefficient (Wildman–Crippen LogP) is 7.67. The molecule has 4 rings (SSSR count). The van der Waals surface area contributed by atoms with Gasteiger partial charge in [0.25, 0.3) is 0 Å². The Morgan fingerprint density at radius 3 is 1.98 bits per heavy atom. The number of carbonyl (C=O) groups is 2. The molecule has 1 aromatic heterocycles. The number of ether oxygens (including phenoxy) is 3. The number of aromatic nitrogens is 1. The first-order valence-electron chi connectivity index (χ1n) is 14.6. The molecule has 8 nitrogen and oxygen atoms in total. The van der Waals surface area contributed by atoms with Crippen molar-refractivity contribution in [3.63, 3.8) is 0 Å². The van der Waals surface area contributed by atoms with Crippen molar-refractivity contribution in [2.24, 2.45) is 0 Å². The van der Waals surface area contributed by atoms with Crippen LogP contribution in [0.3, 0.4) is 0 Å². The molecule has 1 atom stereocenters. The van der Waals surface area contributed by atoms with Gasteiger partial charge in [0.15, 0.2) is 0 Å². The standard InChI is InChI=1S/C36H41N3O5/c1-35(2,3)43-33(40)31-27(28(21-24-15-9-7-10-16-24)39-34(41)44-36(4,5)6)22-29(38-32(31)37)26-19-13-14-20-30(26)42-23-25-17-11-8-12-18-25/h7-20,22,28H,21,23H2,1-6H3,(H2,37,38)(H,39,41). The Labute approximate surface area is 259 Å². The number of hydrogen-bond acceptors (Lipinski definition) is 7. The summed E-state index contributed by atoms with van der Waals surface area (Å²) in [5.74, 6) is -0.0608. The SMILES string of the molecule is CC(C)(C)OC(=O)NC(Cc1ccccc1)c1cc(-c2ccccc2OCc2ccccc2)nc(N)c1C(=O)OC(C)(C)C. The molecule has 0 aliphatic carbocycles. The molecule has 8 heteroatoms. The molecule has 0 radical (unpaired) electrons. The summed E-state index contributed by atoms with van der Waals surface area (Å²) in [7, 11) is 0. The van der Waals surface area contributed by atoms with Crippen molar-refractivity contribution in [1.82, 2.24) is 10.3 Å². The van der Waals surface area contributed by atoms with Gasteiger partial charge >= 0.3 is 12.1 Å². The second-order valence-corrected chi connectivity index (χ2v) is 12.5. The Hall–Kier alpha value is -4.85. The number of nitrogens with one attached hydrogen (secondary N) is 1. The number of nitrogen functional groups attached to an aromatic ring is 1. The fourth-order valence-corrected chi connectivity index (χ4v) is 4.63. The van der Waals surface area contributed by atoms with Gasteiger partial charge in [0, 0.05) is 5.56 Å². The summed E-state index contributed by atoms with van der Waals surface area (Å²) in [5.41, 5.74) is 8.70. The first-order chi connectivity index (χ1) is 20.8. The molecular weight excluding hydrogens is 554 g/mol. The first kappa shape index (κ1) is 32.1. The van der Waals surface area contributed by atoms with E-state index in [9.17, 15) is 9.59 Å². The lowest BCUT2D eigenvalue weighted by Crippen LogP contribution is -2.37. The molecule has 1 heterocycles. The van der Waals surface area contributed by atoms with Gasteiger partial charge in [0.1, 0.15) is 34.9 Å². The molecule has 0 spiro atoms.